The van der Waals surface area contributed by atoms with E-state index in [0.29, 0.717) is 18.6 Å². The third kappa shape index (κ3) is 6.32. The van der Waals surface area contributed by atoms with Crippen molar-refractivity contribution in [3.8, 4) is 0 Å². The molecule has 4 heteroatoms. The van der Waals surface area contributed by atoms with E-state index in [2.05, 4.69) is 5.32 Å². The van der Waals surface area contributed by atoms with Crippen LogP contribution in [0.15, 0.2) is 0 Å². The van der Waals surface area contributed by atoms with Crippen LogP contribution in [-0.2, 0) is 4.74 Å². The minimum atomic E-state index is -2.35. The number of hydrogen-bond acceptors (Lipinski definition) is 2. The molecular weight excluding hydrogens is 224 g/mol. The van der Waals surface area contributed by atoms with Crippen molar-refractivity contribution in [3.05, 3.63) is 0 Å². The second-order valence-electron chi connectivity index (χ2n) is 4.90. The van der Waals surface area contributed by atoms with Crippen LogP contribution in [-0.4, -0.2) is 32.7 Å². The highest BCUT2D eigenvalue weighted by molar-refractivity contribution is 4.77. The first-order chi connectivity index (χ1) is 8.24. The van der Waals surface area contributed by atoms with Crippen molar-refractivity contribution in [1.29, 1.82) is 0 Å². The Morgan fingerprint density at radius 3 is 2.35 bits per heavy atom. The fourth-order valence-corrected chi connectivity index (χ4v) is 2.71. The Kier molecular flexibility index (Phi) is 7.69. The second kappa shape index (κ2) is 8.81. The molecule has 0 aromatic rings. The third-order valence-corrected chi connectivity index (χ3v) is 3.66. The van der Waals surface area contributed by atoms with Crippen LogP contribution in [0.25, 0.3) is 0 Å². The predicted octanol–water partition coefficient (Wildman–Crippen LogP) is 3.22. The fraction of sp³-hybridized carbons (Fsp3) is 1.00. The number of hydrogen-bond donors (Lipinski definition) is 1. The maximum atomic E-state index is 11.9. The van der Waals surface area contributed by atoms with Gasteiger partial charge in [0, 0.05) is 12.6 Å². The topological polar surface area (TPSA) is 21.3 Å². The highest BCUT2D eigenvalue weighted by Crippen LogP contribution is 2.26. The maximum Gasteiger partial charge on any atom is 0.261 e. The molecule has 0 aromatic carbocycles. The molecule has 0 radical (unpaired) electrons. The molecule has 0 bridgehead atoms. The maximum absolute atomic E-state index is 11.9. The lowest BCUT2D eigenvalue weighted by Crippen LogP contribution is -2.34. The van der Waals surface area contributed by atoms with Crippen LogP contribution in [0.5, 0.6) is 0 Å². The summed E-state index contributed by atoms with van der Waals surface area (Å²) >= 11 is 0. The van der Waals surface area contributed by atoms with E-state index in [-0.39, 0.29) is 0 Å². The summed E-state index contributed by atoms with van der Waals surface area (Å²) in [6.45, 7) is 0.00739. The minimum Gasteiger partial charge on any atom is -0.375 e. The number of nitrogens with one attached hydrogen (secondary N) is 1. The van der Waals surface area contributed by atoms with Gasteiger partial charge in [-0.25, -0.2) is 8.78 Å². The molecule has 1 aliphatic carbocycles. The molecule has 2 nitrogen and oxygen atoms in total. The molecule has 1 fully saturated rings. The van der Waals surface area contributed by atoms with Crippen LogP contribution in [0.4, 0.5) is 8.78 Å². The molecule has 0 aromatic heterocycles. The highest BCUT2D eigenvalue weighted by atomic mass is 19.3. The van der Waals surface area contributed by atoms with Crippen molar-refractivity contribution in [1.82, 2.24) is 5.32 Å². The van der Waals surface area contributed by atoms with E-state index in [1.54, 1.807) is 0 Å². The zero-order chi connectivity index (χ0) is 12.5. The Bertz CT molecular complexity index is 182. The number of ether oxygens (including phenoxy) is 1. The summed E-state index contributed by atoms with van der Waals surface area (Å²) in [5.41, 5.74) is 0. The van der Waals surface area contributed by atoms with E-state index < -0.39 is 13.0 Å². The molecule has 0 spiro atoms. The quantitative estimate of drug-likeness (QED) is 0.552. The Balaban J connectivity index is 2.21. The van der Waals surface area contributed by atoms with Crippen molar-refractivity contribution in [3.63, 3.8) is 0 Å². The Morgan fingerprint density at radius 2 is 1.82 bits per heavy atom. The van der Waals surface area contributed by atoms with E-state index in [0.717, 1.165) is 6.42 Å². The molecule has 1 saturated carbocycles. The van der Waals surface area contributed by atoms with E-state index in [9.17, 15) is 8.78 Å². The van der Waals surface area contributed by atoms with Crippen LogP contribution in [0.3, 0.4) is 0 Å². The summed E-state index contributed by atoms with van der Waals surface area (Å²) in [5.74, 6) is 0.692. The molecule has 0 amide bonds. The van der Waals surface area contributed by atoms with Crippen LogP contribution in [0.2, 0.25) is 0 Å². The zero-order valence-corrected chi connectivity index (χ0v) is 10.8. The van der Waals surface area contributed by atoms with Gasteiger partial charge in [0.2, 0.25) is 0 Å². The smallest absolute Gasteiger partial charge is 0.261 e. The summed E-state index contributed by atoms with van der Waals surface area (Å²) in [6, 6.07) is 0.422. The summed E-state index contributed by atoms with van der Waals surface area (Å²) < 4.78 is 28.8. The van der Waals surface area contributed by atoms with Gasteiger partial charge < -0.3 is 10.1 Å². The molecule has 0 heterocycles. The van der Waals surface area contributed by atoms with Gasteiger partial charge in [0.15, 0.2) is 0 Å². The number of alkyl halides is 2. The van der Waals surface area contributed by atoms with Gasteiger partial charge in [-0.3, -0.25) is 0 Å². The van der Waals surface area contributed by atoms with Gasteiger partial charge in [0.1, 0.15) is 6.61 Å². The molecule has 0 saturated heterocycles. The van der Waals surface area contributed by atoms with E-state index in [1.165, 1.54) is 38.5 Å². The van der Waals surface area contributed by atoms with E-state index >= 15 is 0 Å². The first-order valence-corrected chi connectivity index (χ1v) is 6.77. The first-order valence-electron chi connectivity index (χ1n) is 6.77. The lowest BCUT2D eigenvalue weighted by Gasteiger charge is -2.25. The first kappa shape index (κ1) is 14.8. The van der Waals surface area contributed by atoms with Gasteiger partial charge in [-0.1, -0.05) is 25.7 Å². The van der Waals surface area contributed by atoms with E-state index in [1.807, 2.05) is 7.05 Å². The molecule has 1 N–H and O–H groups in total. The Morgan fingerprint density at radius 1 is 1.18 bits per heavy atom. The highest BCUT2D eigenvalue weighted by Gasteiger charge is 2.21. The monoisotopic (exact) mass is 249 g/mol. The molecule has 1 atom stereocenters. The van der Waals surface area contributed by atoms with Crippen LogP contribution in [0, 0.1) is 5.92 Å². The molecule has 0 aliphatic heterocycles. The minimum absolute atomic E-state index is 0.422. The normalized spacial score (nSPS) is 20.5. The molecule has 17 heavy (non-hydrogen) atoms. The van der Waals surface area contributed by atoms with Crippen LogP contribution < -0.4 is 5.32 Å². The Hall–Kier alpha value is -0.220. The lowest BCUT2D eigenvalue weighted by atomic mass is 9.90. The number of rotatable bonds is 7. The fourth-order valence-electron chi connectivity index (χ4n) is 2.71. The summed E-state index contributed by atoms with van der Waals surface area (Å²) in [5, 5.41) is 3.32. The van der Waals surface area contributed by atoms with Crippen molar-refractivity contribution in [2.24, 2.45) is 5.92 Å². The molecule has 1 rings (SSSR count). The van der Waals surface area contributed by atoms with Crippen molar-refractivity contribution >= 4 is 0 Å². The van der Waals surface area contributed by atoms with E-state index in [4.69, 9.17) is 4.74 Å². The molecule has 102 valence electrons. The SMILES string of the molecule is CNC(CCOCC(F)F)C1CCCCCC1. The summed E-state index contributed by atoms with van der Waals surface area (Å²) in [7, 11) is 1.96. The third-order valence-electron chi connectivity index (χ3n) is 3.66. The van der Waals surface area contributed by atoms with Crippen LogP contribution >= 0.6 is 0 Å². The lowest BCUT2D eigenvalue weighted by molar-refractivity contribution is 0.0127. The average Bonchev–Trinajstić information content (AvgIpc) is 2.57. The second-order valence-corrected chi connectivity index (χ2v) is 4.90. The molecular formula is C13H25F2NO. The average molecular weight is 249 g/mol. The Labute approximate surface area is 103 Å². The van der Waals surface area contributed by atoms with Crippen molar-refractivity contribution < 1.29 is 13.5 Å². The number of halogens is 2. The van der Waals surface area contributed by atoms with Gasteiger partial charge >= 0.3 is 0 Å². The van der Waals surface area contributed by atoms with Crippen molar-refractivity contribution in [2.45, 2.75) is 57.4 Å². The van der Waals surface area contributed by atoms with Gasteiger partial charge in [-0.15, -0.1) is 0 Å². The molecule has 1 unspecified atom stereocenters. The zero-order valence-electron chi connectivity index (χ0n) is 10.8. The summed E-state index contributed by atoms with van der Waals surface area (Å²) in [4.78, 5) is 0. The van der Waals surface area contributed by atoms with Gasteiger partial charge in [0.25, 0.3) is 6.43 Å². The molecule has 1 aliphatic rings. The van der Waals surface area contributed by atoms with Gasteiger partial charge in [-0.2, -0.15) is 0 Å². The van der Waals surface area contributed by atoms with Gasteiger partial charge in [-0.05, 0) is 32.2 Å². The predicted molar refractivity (Wildman–Crippen MR) is 65.5 cm³/mol. The van der Waals surface area contributed by atoms with Crippen molar-refractivity contribution in [2.75, 3.05) is 20.3 Å². The van der Waals surface area contributed by atoms with Gasteiger partial charge in [0.05, 0.1) is 0 Å². The van der Waals surface area contributed by atoms with Crippen LogP contribution in [0.1, 0.15) is 44.9 Å². The largest absolute Gasteiger partial charge is 0.375 e. The standard InChI is InChI=1S/C13H25F2NO/c1-16-12(8-9-17-10-13(14)15)11-6-4-2-3-5-7-11/h11-13,16H,2-10H2,1H3. The summed E-state index contributed by atoms with van der Waals surface area (Å²) in [6.07, 6.45) is 6.32.